The predicted molar refractivity (Wildman–Crippen MR) is 119 cm³/mol. The fraction of sp³-hybridized carbons (Fsp3) is 0.667. The maximum Gasteiger partial charge on any atom is 1.00 e. The quantitative estimate of drug-likeness (QED) is 0.243. The smallest absolute Gasteiger partial charge is 0.480 e. The SMILES string of the molecule is C.CC(=S)[S-].CC(C)(SC(N)=S)C(=O)O.CC(C)=O.Cl.ClC(Cl)[ClH+].[Na+]. The Morgan fingerprint density at radius 1 is 1.24 bits per heavy atom. The molecule has 0 heterocycles. The maximum atomic E-state index is 10.4. The molecule has 13 heteroatoms. The Labute approximate surface area is 215 Å². The molecule has 0 aromatic heterocycles. The third-order valence-corrected chi connectivity index (χ3v) is 2.01. The third kappa shape index (κ3) is 89.0. The molecule has 148 valence electrons. The molecule has 0 atom stereocenters. The third-order valence-electron chi connectivity index (χ3n) is 0.871. The Bertz CT molecular complexity index is 354. The van der Waals surface area contributed by atoms with Crippen molar-refractivity contribution in [2.75, 3.05) is 0 Å². The summed E-state index contributed by atoms with van der Waals surface area (Å²) in [7, 11) is 0. The minimum Gasteiger partial charge on any atom is -0.480 e. The normalized spacial score (nSPS) is 7.88. The molecular formula is C12H25Cl4NNaO3S4+. The monoisotopic (exact) mass is 522 g/mol. The number of thioether (sulfide) groups is 1. The van der Waals surface area contributed by atoms with E-state index in [1.54, 1.807) is 20.8 Å². The van der Waals surface area contributed by atoms with E-state index in [2.05, 4.69) is 48.7 Å². The van der Waals surface area contributed by atoms with Crippen molar-refractivity contribution in [3.8, 4) is 0 Å². The minimum absolute atomic E-state index is 0. The molecule has 0 fully saturated rings. The van der Waals surface area contributed by atoms with E-state index in [1.165, 1.54) is 13.8 Å². The molecule has 0 aliphatic carbocycles. The second kappa shape index (κ2) is 28.1. The summed E-state index contributed by atoms with van der Waals surface area (Å²) >= 11 is 28.1. The van der Waals surface area contributed by atoms with Gasteiger partial charge in [-0.2, -0.15) is 4.20 Å². The average molecular weight is 524 g/mol. The van der Waals surface area contributed by atoms with Crippen molar-refractivity contribution in [1.29, 1.82) is 0 Å². The van der Waals surface area contributed by atoms with Gasteiger partial charge >= 0.3 is 39.8 Å². The van der Waals surface area contributed by atoms with E-state index < -0.39 is 15.0 Å². The van der Waals surface area contributed by atoms with Gasteiger partial charge < -0.3 is 40.5 Å². The van der Waals surface area contributed by atoms with E-state index in [9.17, 15) is 9.59 Å². The number of halogens is 4. The van der Waals surface area contributed by atoms with Crippen molar-refractivity contribution in [3.63, 3.8) is 0 Å². The number of aliphatic carboxylic acids is 1. The first-order valence-electron chi connectivity index (χ1n) is 5.36. The van der Waals surface area contributed by atoms with Gasteiger partial charge in [-0.3, -0.25) is 4.79 Å². The largest absolute Gasteiger partial charge is 1.00 e. The molecule has 0 aromatic rings. The molecular weight excluding hydrogens is 499 g/mol. The Morgan fingerprint density at radius 3 is 1.44 bits per heavy atom. The Balaban J connectivity index is -0.0000000370. The van der Waals surface area contributed by atoms with Crippen LogP contribution in [0, 0.1) is 11.6 Å². The number of carbonyl (C=O) groups is 2. The number of hydrogen-bond donors (Lipinski definition) is 2. The van der Waals surface area contributed by atoms with Crippen LogP contribution in [0.4, 0.5) is 0 Å². The van der Waals surface area contributed by atoms with Crippen LogP contribution in [0.3, 0.4) is 0 Å². The van der Waals surface area contributed by atoms with Crippen molar-refractivity contribution < 1.29 is 55.9 Å². The van der Waals surface area contributed by atoms with Gasteiger partial charge in [-0.05, 0) is 50.9 Å². The van der Waals surface area contributed by atoms with Crippen LogP contribution in [0.25, 0.3) is 0 Å². The second-order valence-electron chi connectivity index (χ2n) is 3.90. The van der Waals surface area contributed by atoms with Crippen LogP contribution in [0.15, 0.2) is 0 Å². The molecule has 4 nitrogen and oxygen atoms in total. The van der Waals surface area contributed by atoms with Crippen LogP contribution in [-0.2, 0) is 22.2 Å². The molecule has 0 saturated carbocycles. The zero-order valence-corrected chi connectivity index (χ0v) is 22.5. The maximum absolute atomic E-state index is 10.4. The summed E-state index contributed by atoms with van der Waals surface area (Å²) in [5.74, 6) is -0.745. The van der Waals surface area contributed by atoms with E-state index in [0.717, 1.165) is 11.8 Å². The summed E-state index contributed by atoms with van der Waals surface area (Å²) in [6, 6.07) is 0. The number of hydrogen-bond acceptors (Lipinski definition) is 6. The van der Waals surface area contributed by atoms with Gasteiger partial charge in [0.1, 0.15) is 26.5 Å². The van der Waals surface area contributed by atoms with Gasteiger partial charge in [0, 0.05) is 0 Å². The van der Waals surface area contributed by atoms with E-state index in [4.69, 9.17) is 34.0 Å². The molecule has 0 aliphatic rings. The Morgan fingerprint density at radius 2 is 1.40 bits per heavy atom. The second-order valence-corrected chi connectivity index (χ2v) is 9.83. The van der Waals surface area contributed by atoms with Crippen molar-refractivity contribution in [2.45, 2.75) is 51.1 Å². The fourth-order valence-electron chi connectivity index (χ4n) is 0.295. The number of Topliss-reactive ketones (excluding diaryl/α,β-unsaturated/α-hetero) is 1. The number of nitrogens with two attached hydrogens (primary N) is 1. The number of carbonyl (C=O) groups excluding carboxylic acids is 1. The molecule has 0 rings (SSSR count). The predicted octanol–water partition coefficient (Wildman–Crippen LogP) is 1.39. The van der Waals surface area contributed by atoms with Crippen molar-refractivity contribution in [2.24, 2.45) is 5.73 Å². The van der Waals surface area contributed by atoms with Crippen LogP contribution in [0.2, 0.25) is 0 Å². The summed E-state index contributed by atoms with van der Waals surface area (Å²) in [5, 5.41) is 8.55. The van der Waals surface area contributed by atoms with Gasteiger partial charge in [0.15, 0.2) is 0 Å². The summed E-state index contributed by atoms with van der Waals surface area (Å²) < 4.78 is -0.807. The molecule has 0 amide bonds. The number of carboxylic acids is 1. The average Bonchev–Trinajstić information content (AvgIpc) is 2.11. The van der Waals surface area contributed by atoms with E-state index in [-0.39, 0.29) is 59.5 Å². The molecule has 0 unspecified atom stereocenters. The van der Waals surface area contributed by atoms with Gasteiger partial charge in [-0.25, -0.2) is 0 Å². The number of thiocarbonyl (C=S) groups is 2. The molecule has 0 saturated heterocycles. The van der Waals surface area contributed by atoms with E-state index >= 15 is 0 Å². The summed E-state index contributed by atoms with van der Waals surface area (Å²) in [6.07, 6.45) is 0. The first-order valence-corrected chi connectivity index (χ1v) is 8.75. The summed E-state index contributed by atoms with van der Waals surface area (Å²) in [6.45, 7) is 7.88. The Hall–Kier alpha value is 1.85. The van der Waals surface area contributed by atoms with E-state index in [1.807, 2.05) is 0 Å². The molecule has 0 aromatic carbocycles. The van der Waals surface area contributed by atoms with Crippen molar-refractivity contribution >= 4 is 105 Å². The standard InChI is InChI=1S/C5H9NO2S2.C3H6O.C2H4S2.CH2Cl3.CH4.ClH.Na/c1-5(2,3(7)8)10-4(6)9;1-3(2)4;1-2(3)4;2-1(3)4;;;/h1-2H3,(H2,6,9)(H,7,8);1-2H3;1H3,(H,3,4);1-2H;1H4;1H;/q;;;+1;;;+1/p-1. The van der Waals surface area contributed by atoms with Gasteiger partial charge in [-0.15, -0.1) is 12.4 Å². The molecule has 0 radical (unpaired) electrons. The van der Waals surface area contributed by atoms with E-state index in [0.29, 0.717) is 4.20 Å². The number of ketones is 1. The molecule has 3 N–H and O–H groups in total. The number of rotatable bonds is 2. The number of alkyl halides is 3. The molecule has 0 aliphatic heterocycles. The van der Waals surface area contributed by atoms with Gasteiger partial charge in [0.25, 0.3) is 0 Å². The number of carboxylic acid groups (broad SMARTS) is 1. The van der Waals surface area contributed by atoms with Crippen molar-refractivity contribution in [3.05, 3.63) is 0 Å². The summed E-state index contributed by atoms with van der Waals surface area (Å²) in [5.41, 5.74) is 5.15. The van der Waals surface area contributed by atoms with Crippen LogP contribution in [0.5, 0.6) is 0 Å². The van der Waals surface area contributed by atoms with Crippen LogP contribution in [0.1, 0.15) is 42.0 Å². The Kier molecular flexibility index (Phi) is 51.1. The topological polar surface area (TPSA) is 80.4 Å². The van der Waals surface area contributed by atoms with Crippen molar-refractivity contribution in [1.82, 2.24) is 0 Å². The fourth-order valence-corrected chi connectivity index (χ4v) is 1.51. The van der Waals surface area contributed by atoms with Crippen LogP contribution in [-0.4, -0.2) is 34.4 Å². The minimum atomic E-state index is -0.912. The zero-order chi connectivity index (χ0) is 19.1. The first kappa shape index (κ1) is 45.5. The van der Waals surface area contributed by atoms with Gasteiger partial charge in [-0.1, -0.05) is 38.3 Å². The van der Waals surface area contributed by atoms with Crippen LogP contribution < -0.4 is 35.3 Å². The molecule has 25 heavy (non-hydrogen) atoms. The van der Waals surface area contributed by atoms with Gasteiger partial charge in [0.2, 0.25) is 0 Å². The first-order chi connectivity index (χ1) is 9.56. The molecule has 0 bridgehead atoms. The molecule has 0 spiro atoms. The van der Waals surface area contributed by atoms with Crippen LogP contribution >= 0.6 is 71.8 Å². The summed E-state index contributed by atoms with van der Waals surface area (Å²) in [4.78, 5) is 19.9. The zero-order valence-electron chi connectivity index (χ0n) is 14.1. The van der Waals surface area contributed by atoms with Gasteiger partial charge in [0.05, 0.1) is 0 Å².